The summed E-state index contributed by atoms with van der Waals surface area (Å²) in [5.41, 5.74) is 1.05. The van der Waals surface area contributed by atoms with Crippen molar-refractivity contribution < 1.29 is 8.42 Å². The molecule has 2 aliphatic rings. The Morgan fingerprint density at radius 2 is 1.92 bits per heavy atom. The van der Waals surface area contributed by atoms with Crippen LogP contribution in [0.4, 0.5) is 0 Å². The van der Waals surface area contributed by atoms with Crippen LogP contribution in [0.15, 0.2) is 23.1 Å². The maximum atomic E-state index is 12.8. The molecule has 0 spiro atoms. The van der Waals surface area contributed by atoms with E-state index in [0.29, 0.717) is 17.2 Å². The highest BCUT2D eigenvalue weighted by Gasteiger charge is 2.30. The predicted molar refractivity (Wildman–Crippen MR) is 97.7 cm³/mol. The number of likely N-dealkylation sites (tertiary alicyclic amines) is 1. The third-order valence-corrected chi connectivity index (χ3v) is 7.13. The van der Waals surface area contributed by atoms with Crippen LogP contribution < -0.4 is 4.72 Å². The van der Waals surface area contributed by atoms with Crippen LogP contribution in [0.1, 0.15) is 56.1 Å². The molecule has 1 aromatic carbocycles. The van der Waals surface area contributed by atoms with E-state index in [1.807, 2.05) is 6.07 Å². The fraction of sp³-hybridized carbons (Fsp3) is 0.632. The normalized spacial score (nSPS) is 23.3. The largest absolute Gasteiger partial charge is 0.299 e. The molecule has 1 aromatic rings. The Hall–Kier alpha value is -1.42. The van der Waals surface area contributed by atoms with Crippen molar-refractivity contribution in [2.24, 2.45) is 0 Å². The van der Waals surface area contributed by atoms with E-state index >= 15 is 0 Å². The number of piperidine rings is 1. The average Bonchev–Trinajstić information content (AvgIpc) is 2.62. The Bertz CT molecular complexity index is 748. The molecule has 0 amide bonds. The van der Waals surface area contributed by atoms with E-state index in [4.69, 9.17) is 5.26 Å². The van der Waals surface area contributed by atoms with Gasteiger partial charge in [0.2, 0.25) is 10.0 Å². The molecule has 0 radical (unpaired) electrons. The van der Waals surface area contributed by atoms with Crippen molar-refractivity contribution in [1.82, 2.24) is 9.62 Å². The monoisotopic (exact) mass is 361 g/mol. The first-order chi connectivity index (χ1) is 12.0. The second kappa shape index (κ2) is 7.86. The highest BCUT2D eigenvalue weighted by atomic mass is 32.2. The van der Waals surface area contributed by atoms with E-state index in [1.54, 1.807) is 19.1 Å². The Morgan fingerprint density at radius 3 is 2.64 bits per heavy atom. The second-order valence-corrected chi connectivity index (χ2v) is 9.02. The molecular weight excluding hydrogens is 334 g/mol. The zero-order valence-electron chi connectivity index (χ0n) is 14.9. The Balaban J connectivity index is 1.71. The van der Waals surface area contributed by atoms with Gasteiger partial charge >= 0.3 is 0 Å². The molecule has 1 aliphatic carbocycles. The predicted octanol–water partition coefficient (Wildman–Crippen LogP) is 2.94. The summed E-state index contributed by atoms with van der Waals surface area (Å²) in [6.45, 7) is 3.64. The first-order valence-electron chi connectivity index (χ1n) is 9.27. The molecule has 1 unspecified atom stereocenters. The maximum absolute atomic E-state index is 12.8. The molecule has 0 bridgehead atoms. The summed E-state index contributed by atoms with van der Waals surface area (Å²) in [6, 6.07) is 7.41. The van der Waals surface area contributed by atoms with Crippen LogP contribution in [0, 0.1) is 18.3 Å². The molecule has 25 heavy (non-hydrogen) atoms. The summed E-state index contributed by atoms with van der Waals surface area (Å²) in [5, 5.41) is 9.05. The molecule has 1 saturated heterocycles. The average molecular weight is 362 g/mol. The minimum absolute atomic E-state index is 0.0502. The van der Waals surface area contributed by atoms with Gasteiger partial charge in [-0.2, -0.15) is 5.26 Å². The molecule has 3 rings (SSSR count). The van der Waals surface area contributed by atoms with Crippen LogP contribution in [0.25, 0.3) is 0 Å². The van der Waals surface area contributed by atoms with Crippen LogP contribution in [-0.4, -0.2) is 38.5 Å². The summed E-state index contributed by atoms with van der Waals surface area (Å²) in [4.78, 5) is 2.70. The molecule has 136 valence electrons. The fourth-order valence-electron chi connectivity index (χ4n) is 4.12. The van der Waals surface area contributed by atoms with Crippen molar-refractivity contribution in [3.8, 4) is 6.07 Å². The lowest BCUT2D eigenvalue weighted by atomic mass is 9.92. The zero-order chi connectivity index (χ0) is 17.9. The van der Waals surface area contributed by atoms with Crippen LogP contribution in [0.2, 0.25) is 0 Å². The Labute approximate surface area is 151 Å². The first-order valence-corrected chi connectivity index (χ1v) is 10.7. The number of nitrogens with one attached hydrogen (secondary N) is 1. The van der Waals surface area contributed by atoms with Gasteiger partial charge in [-0.25, -0.2) is 13.1 Å². The lowest BCUT2D eigenvalue weighted by Crippen LogP contribution is -2.51. The van der Waals surface area contributed by atoms with E-state index in [9.17, 15) is 8.42 Å². The summed E-state index contributed by atoms with van der Waals surface area (Å²) >= 11 is 0. The van der Waals surface area contributed by atoms with E-state index in [-0.39, 0.29) is 10.9 Å². The van der Waals surface area contributed by atoms with E-state index in [0.717, 1.165) is 25.9 Å². The summed E-state index contributed by atoms with van der Waals surface area (Å²) in [5.74, 6) is 0. The molecule has 1 saturated carbocycles. The lowest BCUT2D eigenvalue weighted by molar-refractivity contribution is 0.116. The smallest absolute Gasteiger partial charge is 0.241 e. The van der Waals surface area contributed by atoms with Crippen molar-refractivity contribution in [3.05, 3.63) is 29.3 Å². The Morgan fingerprint density at radius 1 is 1.16 bits per heavy atom. The van der Waals surface area contributed by atoms with Crippen molar-refractivity contribution in [2.45, 2.75) is 68.8 Å². The number of aryl methyl sites for hydroxylation is 1. The minimum atomic E-state index is -3.61. The van der Waals surface area contributed by atoms with Gasteiger partial charge in [0.15, 0.2) is 0 Å². The number of benzene rings is 1. The van der Waals surface area contributed by atoms with Crippen LogP contribution >= 0.6 is 0 Å². The molecule has 1 N–H and O–H groups in total. The van der Waals surface area contributed by atoms with Crippen molar-refractivity contribution >= 4 is 10.0 Å². The lowest BCUT2D eigenvalue weighted by Gasteiger charge is -2.40. The van der Waals surface area contributed by atoms with Gasteiger partial charge < -0.3 is 0 Å². The number of hydrogen-bond acceptors (Lipinski definition) is 4. The highest BCUT2D eigenvalue weighted by molar-refractivity contribution is 7.89. The topological polar surface area (TPSA) is 73.2 Å². The van der Waals surface area contributed by atoms with Gasteiger partial charge in [0.25, 0.3) is 0 Å². The number of hydrogen-bond donors (Lipinski definition) is 1. The molecule has 5 nitrogen and oxygen atoms in total. The third kappa shape index (κ3) is 4.41. The molecule has 0 aromatic heterocycles. The molecular formula is C19H27N3O2S. The third-order valence-electron chi connectivity index (χ3n) is 5.47. The molecule has 1 aliphatic heterocycles. The minimum Gasteiger partial charge on any atom is -0.299 e. The summed E-state index contributed by atoms with van der Waals surface area (Å²) in [6.07, 6.45) is 8.29. The number of nitrogens with zero attached hydrogens (tertiary/aromatic N) is 2. The van der Waals surface area contributed by atoms with Gasteiger partial charge in [0.05, 0.1) is 16.5 Å². The summed E-state index contributed by atoms with van der Waals surface area (Å²) in [7, 11) is -3.61. The van der Waals surface area contributed by atoms with Gasteiger partial charge in [-0.1, -0.05) is 25.3 Å². The zero-order valence-corrected chi connectivity index (χ0v) is 15.7. The SMILES string of the molecule is Cc1ccc(C#N)cc1S(=O)(=O)NC1CCCN(C2CCCCC2)C1. The van der Waals surface area contributed by atoms with Crippen LogP contribution in [-0.2, 0) is 10.0 Å². The van der Waals surface area contributed by atoms with Gasteiger partial charge in [-0.05, 0) is 56.8 Å². The highest BCUT2D eigenvalue weighted by Crippen LogP contribution is 2.26. The van der Waals surface area contributed by atoms with Crippen molar-refractivity contribution in [2.75, 3.05) is 13.1 Å². The van der Waals surface area contributed by atoms with Gasteiger partial charge in [0, 0.05) is 18.6 Å². The molecule has 1 heterocycles. The number of nitriles is 1. The van der Waals surface area contributed by atoms with Crippen LogP contribution in [0.3, 0.4) is 0 Å². The number of rotatable bonds is 4. The van der Waals surface area contributed by atoms with Crippen molar-refractivity contribution in [3.63, 3.8) is 0 Å². The maximum Gasteiger partial charge on any atom is 0.241 e. The fourth-order valence-corrected chi connectivity index (χ4v) is 5.65. The molecule has 6 heteroatoms. The van der Waals surface area contributed by atoms with Crippen LogP contribution in [0.5, 0.6) is 0 Å². The van der Waals surface area contributed by atoms with Crippen molar-refractivity contribution in [1.29, 1.82) is 5.26 Å². The standard InChI is InChI=1S/C19H27N3O2S/c1-15-9-10-16(13-20)12-19(15)25(23,24)21-17-6-5-11-22(14-17)18-7-3-2-4-8-18/h9-10,12,17-18,21H,2-8,11,14H2,1H3. The summed E-state index contributed by atoms with van der Waals surface area (Å²) < 4.78 is 28.6. The van der Waals surface area contributed by atoms with Gasteiger partial charge in [-0.3, -0.25) is 4.90 Å². The first kappa shape index (κ1) is 18.4. The molecule has 2 fully saturated rings. The quantitative estimate of drug-likeness (QED) is 0.895. The van der Waals surface area contributed by atoms with E-state index in [1.165, 1.54) is 38.2 Å². The molecule has 1 atom stereocenters. The Kier molecular flexibility index (Phi) is 5.78. The van der Waals surface area contributed by atoms with E-state index < -0.39 is 10.0 Å². The van der Waals surface area contributed by atoms with Gasteiger partial charge in [0.1, 0.15) is 0 Å². The van der Waals surface area contributed by atoms with Gasteiger partial charge in [-0.15, -0.1) is 0 Å². The second-order valence-electron chi connectivity index (χ2n) is 7.34. The van der Waals surface area contributed by atoms with E-state index in [2.05, 4.69) is 9.62 Å². The number of sulfonamides is 1.